The van der Waals surface area contributed by atoms with Crippen molar-refractivity contribution in [1.29, 1.82) is 0 Å². The van der Waals surface area contributed by atoms with E-state index < -0.39 is 42.5 Å². The molecule has 9 nitrogen and oxygen atoms in total. The molecule has 5 N–H and O–H groups in total. The van der Waals surface area contributed by atoms with Crippen molar-refractivity contribution in [2.45, 2.75) is 44.8 Å². The number of carboxylic acid groups (broad SMARTS) is 1. The van der Waals surface area contributed by atoms with Crippen LogP contribution in [0.2, 0.25) is 0 Å². The maximum atomic E-state index is 12.2. The fourth-order valence-corrected chi connectivity index (χ4v) is 2.26. The first-order valence-corrected chi connectivity index (χ1v) is 7.10. The van der Waals surface area contributed by atoms with Gasteiger partial charge in [-0.15, -0.1) is 0 Å². The molecule has 1 heterocycles. The summed E-state index contributed by atoms with van der Waals surface area (Å²) in [4.78, 5) is 47.6. The van der Waals surface area contributed by atoms with Gasteiger partial charge < -0.3 is 26.4 Å². The Balaban J connectivity index is 2.58. The van der Waals surface area contributed by atoms with E-state index in [1.165, 1.54) is 11.8 Å². The van der Waals surface area contributed by atoms with Crippen LogP contribution in [0, 0.1) is 0 Å². The standard InChI is InChI=1S/C13H22N4O5/c1-7(14)13(22)17-5-3-4-9(17)12(21)16-8(2)11(20)15-6-10(18)19/h7-9H,3-6,14H2,1-2H3,(H,15,20)(H,16,21)(H,18,19). The van der Waals surface area contributed by atoms with Crippen molar-refractivity contribution < 1.29 is 24.3 Å². The van der Waals surface area contributed by atoms with Gasteiger partial charge in [0, 0.05) is 6.54 Å². The number of carbonyl (C=O) groups excluding carboxylic acids is 3. The number of nitrogens with zero attached hydrogens (tertiary/aromatic N) is 1. The summed E-state index contributed by atoms with van der Waals surface area (Å²) in [5, 5.41) is 13.2. The second-order valence-electron chi connectivity index (χ2n) is 5.32. The molecule has 1 aliphatic heterocycles. The van der Waals surface area contributed by atoms with Crippen molar-refractivity contribution in [1.82, 2.24) is 15.5 Å². The van der Waals surface area contributed by atoms with Crippen LogP contribution >= 0.6 is 0 Å². The Bertz CT molecular complexity index is 465. The fraction of sp³-hybridized carbons (Fsp3) is 0.692. The number of nitrogens with one attached hydrogen (secondary N) is 2. The van der Waals surface area contributed by atoms with E-state index in [0.717, 1.165) is 0 Å². The van der Waals surface area contributed by atoms with Gasteiger partial charge in [0.1, 0.15) is 18.6 Å². The minimum atomic E-state index is -1.17. The van der Waals surface area contributed by atoms with Gasteiger partial charge in [-0.05, 0) is 26.7 Å². The van der Waals surface area contributed by atoms with Crippen LogP contribution < -0.4 is 16.4 Å². The lowest BCUT2D eigenvalue weighted by Crippen LogP contribution is -2.54. The molecule has 1 fully saturated rings. The number of aliphatic carboxylic acids is 1. The molecule has 3 unspecified atom stereocenters. The van der Waals surface area contributed by atoms with E-state index in [-0.39, 0.29) is 5.91 Å². The van der Waals surface area contributed by atoms with Gasteiger partial charge in [0.2, 0.25) is 17.7 Å². The van der Waals surface area contributed by atoms with Gasteiger partial charge in [-0.1, -0.05) is 0 Å². The molecule has 22 heavy (non-hydrogen) atoms. The SMILES string of the molecule is CC(N)C(=O)N1CCCC1C(=O)NC(C)C(=O)NCC(=O)O. The average Bonchev–Trinajstić information content (AvgIpc) is 2.92. The molecule has 3 amide bonds. The van der Waals surface area contributed by atoms with Crippen molar-refractivity contribution in [3.8, 4) is 0 Å². The van der Waals surface area contributed by atoms with Gasteiger partial charge in [-0.2, -0.15) is 0 Å². The highest BCUT2D eigenvalue weighted by Crippen LogP contribution is 2.18. The summed E-state index contributed by atoms with van der Waals surface area (Å²) in [6.07, 6.45) is 1.20. The van der Waals surface area contributed by atoms with Crippen molar-refractivity contribution in [3.63, 3.8) is 0 Å². The fourth-order valence-electron chi connectivity index (χ4n) is 2.26. The zero-order valence-electron chi connectivity index (χ0n) is 12.7. The van der Waals surface area contributed by atoms with E-state index in [1.807, 2.05) is 0 Å². The molecule has 0 aromatic heterocycles. The summed E-state index contributed by atoms with van der Waals surface area (Å²) in [6, 6.07) is -2.22. The van der Waals surface area contributed by atoms with Gasteiger partial charge >= 0.3 is 5.97 Å². The second kappa shape index (κ2) is 7.74. The number of amides is 3. The molecule has 1 rings (SSSR count). The Kier molecular flexibility index (Phi) is 6.29. The lowest BCUT2D eigenvalue weighted by atomic mass is 10.1. The zero-order chi connectivity index (χ0) is 16.9. The first-order chi connectivity index (χ1) is 10.2. The largest absolute Gasteiger partial charge is 0.480 e. The molecule has 0 aromatic carbocycles. The van der Waals surface area contributed by atoms with E-state index in [4.69, 9.17) is 10.8 Å². The summed E-state index contributed by atoms with van der Waals surface area (Å²) < 4.78 is 0. The highest BCUT2D eigenvalue weighted by atomic mass is 16.4. The van der Waals surface area contributed by atoms with E-state index in [9.17, 15) is 19.2 Å². The number of hydrogen-bond donors (Lipinski definition) is 4. The molecular weight excluding hydrogens is 292 g/mol. The lowest BCUT2D eigenvalue weighted by molar-refractivity contribution is -0.140. The third kappa shape index (κ3) is 4.69. The quantitative estimate of drug-likeness (QED) is 0.448. The molecule has 9 heteroatoms. The van der Waals surface area contributed by atoms with Crippen LogP contribution in [0.4, 0.5) is 0 Å². The minimum absolute atomic E-state index is 0.305. The normalized spacial score (nSPS) is 20.1. The monoisotopic (exact) mass is 314 g/mol. The van der Waals surface area contributed by atoms with E-state index >= 15 is 0 Å². The third-order valence-electron chi connectivity index (χ3n) is 3.39. The molecule has 0 saturated carbocycles. The maximum absolute atomic E-state index is 12.2. The van der Waals surface area contributed by atoms with Crippen LogP contribution in [-0.4, -0.2) is 64.9 Å². The van der Waals surface area contributed by atoms with Gasteiger partial charge in [0.05, 0.1) is 6.04 Å². The number of likely N-dealkylation sites (tertiary alicyclic amines) is 1. The molecule has 0 radical (unpaired) electrons. The smallest absolute Gasteiger partial charge is 0.322 e. The van der Waals surface area contributed by atoms with Gasteiger partial charge in [-0.3, -0.25) is 19.2 Å². The van der Waals surface area contributed by atoms with Crippen LogP contribution in [-0.2, 0) is 19.2 Å². The summed E-state index contributed by atoms with van der Waals surface area (Å²) in [6.45, 7) is 2.94. The number of carboxylic acids is 1. The summed E-state index contributed by atoms with van der Waals surface area (Å²) in [5.74, 6) is -2.51. The highest BCUT2D eigenvalue weighted by Gasteiger charge is 2.36. The summed E-state index contributed by atoms with van der Waals surface area (Å²) in [7, 11) is 0. The Morgan fingerprint density at radius 1 is 1.32 bits per heavy atom. The minimum Gasteiger partial charge on any atom is -0.480 e. The van der Waals surface area contributed by atoms with Crippen molar-refractivity contribution in [2.24, 2.45) is 5.73 Å². The first-order valence-electron chi connectivity index (χ1n) is 7.10. The van der Waals surface area contributed by atoms with Crippen LogP contribution in [0.25, 0.3) is 0 Å². The van der Waals surface area contributed by atoms with E-state index in [0.29, 0.717) is 19.4 Å². The number of hydrogen-bond acceptors (Lipinski definition) is 5. The Morgan fingerprint density at radius 3 is 2.50 bits per heavy atom. The lowest BCUT2D eigenvalue weighted by Gasteiger charge is -2.26. The van der Waals surface area contributed by atoms with E-state index in [2.05, 4.69) is 10.6 Å². The van der Waals surface area contributed by atoms with Crippen molar-refractivity contribution in [2.75, 3.05) is 13.1 Å². The number of carbonyl (C=O) groups is 4. The molecule has 3 atom stereocenters. The zero-order valence-corrected chi connectivity index (χ0v) is 12.7. The number of nitrogens with two attached hydrogens (primary N) is 1. The summed E-state index contributed by atoms with van der Waals surface area (Å²) >= 11 is 0. The molecule has 0 aromatic rings. The predicted octanol–water partition coefficient (Wildman–Crippen LogP) is -1.97. The van der Waals surface area contributed by atoms with Crippen LogP contribution in [0.3, 0.4) is 0 Å². The topological polar surface area (TPSA) is 142 Å². The second-order valence-corrected chi connectivity index (χ2v) is 5.32. The van der Waals surface area contributed by atoms with Gasteiger partial charge in [0.25, 0.3) is 0 Å². The van der Waals surface area contributed by atoms with Crippen molar-refractivity contribution in [3.05, 3.63) is 0 Å². The number of rotatable bonds is 6. The Labute approximate surface area is 128 Å². The third-order valence-corrected chi connectivity index (χ3v) is 3.39. The first kappa shape index (κ1) is 17.9. The molecule has 0 aliphatic carbocycles. The Hall–Kier alpha value is -2.16. The Morgan fingerprint density at radius 2 is 1.95 bits per heavy atom. The van der Waals surface area contributed by atoms with Gasteiger partial charge in [0.15, 0.2) is 0 Å². The molecular formula is C13H22N4O5. The molecule has 1 saturated heterocycles. The van der Waals surface area contributed by atoms with Gasteiger partial charge in [-0.25, -0.2) is 0 Å². The molecule has 1 aliphatic rings. The van der Waals surface area contributed by atoms with E-state index in [1.54, 1.807) is 6.92 Å². The predicted molar refractivity (Wildman–Crippen MR) is 76.6 cm³/mol. The van der Waals surface area contributed by atoms with Crippen LogP contribution in [0.5, 0.6) is 0 Å². The highest BCUT2D eigenvalue weighted by molar-refractivity contribution is 5.93. The van der Waals surface area contributed by atoms with Crippen LogP contribution in [0.15, 0.2) is 0 Å². The molecule has 0 spiro atoms. The van der Waals surface area contributed by atoms with Crippen molar-refractivity contribution >= 4 is 23.7 Å². The average molecular weight is 314 g/mol. The summed E-state index contributed by atoms with van der Waals surface area (Å²) in [5.41, 5.74) is 5.55. The molecule has 0 bridgehead atoms. The molecule has 124 valence electrons. The maximum Gasteiger partial charge on any atom is 0.322 e. The van der Waals surface area contributed by atoms with Crippen LogP contribution in [0.1, 0.15) is 26.7 Å².